The second-order valence-corrected chi connectivity index (χ2v) is 11.2. The van der Waals surface area contributed by atoms with Crippen molar-refractivity contribution in [3.05, 3.63) is 11.9 Å². The molecule has 8 nitrogen and oxygen atoms in total. The molecule has 1 aromatic rings. The zero-order valence-corrected chi connectivity index (χ0v) is 20.5. The van der Waals surface area contributed by atoms with Crippen LogP contribution < -0.4 is 5.32 Å². The summed E-state index contributed by atoms with van der Waals surface area (Å²) in [5.74, 6) is 0.475. The van der Waals surface area contributed by atoms with Crippen LogP contribution in [-0.2, 0) is 21.4 Å². The van der Waals surface area contributed by atoms with E-state index in [1.54, 1.807) is 11.2 Å². The molecule has 2 heterocycles. The molecule has 1 N–H and O–H groups in total. The van der Waals surface area contributed by atoms with Gasteiger partial charge in [0.25, 0.3) is 0 Å². The highest BCUT2D eigenvalue weighted by Crippen LogP contribution is 2.23. The molecule has 1 fully saturated rings. The first kappa shape index (κ1) is 25.8. The monoisotopic (exact) mass is 457 g/mol. The Kier molecular flexibility index (Phi) is 10.4. The molecule has 9 heteroatoms. The van der Waals surface area contributed by atoms with E-state index >= 15 is 0 Å². The summed E-state index contributed by atoms with van der Waals surface area (Å²) >= 11 is 0. The lowest BCUT2D eigenvalue weighted by Crippen LogP contribution is -2.45. The van der Waals surface area contributed by atoms with Gasteiger partial charge in [-0.05, 0) is 51.4 Å². The van der Waals surface area contributed by atoms with Crippen LogP contribution in [0.1, 0.15) is 92.1 Å². The van der Waals surface area contributed by atoms with E-state index in [1.807, 2.05) is 17.8 Å². The van der Waals surface area contributed by atoms with Gasteiger partial charge in [-0.2, -0.15) is 0 Å². The number of carbonyl (C=O) groups is 1. The fraction of sp³-hybridized carbons (Fsp3) is 0.864. The van der Waals surface area contributed by atoms with Gasteiger partial charge in [0.1, 0.15) is 0 Å². The predicted octanol–water partition coefficient (Wildman–Crippen LogP) is 3.55. The van der Waals surface area contributed by atoms with Gasteiger partial charge in [-0.15, -0.1) is 5.10 Å². The lowest BCUT2D eigenvalue weighted by molar-refractivity contribution is -0.126. The van der Waals surface area contributed by atoms with Crippen LogP contribution in [0.3, 0.4) is 0 Å². The maximum absolute atomic E-state index is 12.4. The normalized spacial score (nSPS) is 18.1. The number of hydrogen-bond donors (Lipinski definition) is 1. The molecule has 0 saturated carbocycles. The Morgan fingerprint density at radius 3 is 2.48 bits per heavy atom. The van der Waals surface area contributed by atoms with Crippen LogP contribution in [0.15, 0.2) is 6.20 Å². The van der Waals surface area contributed by atoms with Gasteiger partial charge in [0.2, 0.25) is 15.9 Å². The van der Waals surface area contributed by atoms with E-state index in [0.717, 1.165) is 38.6 Å². The number of rotatable bonds is 13. The highest BCUT2D eigenvalue weighted by molar-refractivity contribution is 7.89. The molecule has 1 aromatic heterocycles. The van der Waals surface area contributed by atoms with Gasteiger partial charge in [0, 0.05) is 33.5 Å². The van der Waals surface area contributed by atoms with Gasteiger partial charge >= 0.3 is 0 Å². The van der Waals surface area contributed by atoms with E-state index in [9.17, 15) is 13.2 Å². The Bertz CT molecular complexity index is 778. The molecule has 1 aliphatic heterocycles. The van der Waals surface area contributed by atoms with Crippen LogP contribution in [0.5, 0.6) is 0 Å². The van der Waals surface area contributed by atoms with Crippen LogP contribution in [0.25, 0.3) is 0 Å². The SMILES string of the molecule is CCC(C)c1cnnn1CCCCCCNC(=O)C1CCN(S(=O)(=O)C(C)CC)CC1.[HH]. The van der Waals surface area contributed by atoms with Crippen molar-refractivity contribution in [1.82, 2.24) is 24.6 Å². The van der Waals surface area contributed by atoms with Gasteiger partial charge in [-0.1, -0.05) is 38.8 Å². The van der Waals surface area contributed by atoms with Crippen molar-refractivity contribution < 1.29 is 14.6 Å². The summed E-state index contributed by atoms with van der Waals surface area (Å²) in [5.41, 5.74) is 1.21. The van der Waals surface area contributed by atoms with Crippen LogP contribution >= 0.6 is 0 Å². The number of unbranched alkanes of at least 4 members (excludes halogenated alkanes) is 3. The standard InChI is InChI=1S/C22H41N5O3S.H2/c1-5-18(3)21-17-24-25-27(21)14-10-8-7-9-13-23-22(28)20-11-15-26(16-12-20)31(29,30)19(4)6-2;/h17-20H,5-16H2,1-4H3,(H,23,28);1H. The number of piperidine rings is 1. The largest absolute Gasteiger partial charge is 0.356 e. The lowest BCUT2D eigenvalue weighted by atomic mass is 9.97. The molecular weight excluding hydrogens is 414 g/mol. The van der Waals surface area contributed by atoms with Crippen molar-refractivity contribution in [3.8, 4) is 0 Å². The first-order valence-electron chi connectivity index (χ1n) is 12.0. The smallest absolute Gasteiger partial charge is 0.223 e. The zero-order valence-electron chi connectivity index (χ0n) is 19.7. The highest BCUT2D eigenvalue weighted by Gasteiger charge is 2.33. The maximum Gasteiger partial charge on any atom is 0.223 e. The molecule has 0 spiro atoms. The Morgan fingerprint density at radius 1 is 1.16 bits per heavy atom. The van der Waals surface area contributed by atoms with Gasteiger partial charge in [-0.3, -0.25) is 4.79 Å². The summed E-state index contributed by atoms with van der Waals surface area (Å²) in [5, 5.41) is 10.9. The van der Waals surface area contributed by atoms with E-state index in [1.165, 1.54) is 5.69 Å². The van der Waals surface area contributed by atoms with E-state index in [2.05, 4.69) is 29.5 Å². The molecule has 2 rings (SSSR count). The molecule has 0 bridgehead atoms. The van der Waals surface area contributed by atoms with Crippen LogP contribution in [-0.4, -0.2) is 58.5 Å². The number of hydrogen-bond acceptors (Lipinski definition) is 5. The second kappa shape index (κ2) is 12.5. The van der Waals surface area contributed by atoms with Crippen LogP contribution in [0.4, 0.5) is 0 Å². The third kappa shape index (κ3) is 7.27. The quantitative estimate of drug-likeness (QED) is 0.457. The average Bonchev–Trinajstić information content (AvgIpc) is 3.25. The molecule has 2 atom stereocenters. The fourth-order valence-electron chi connectivity index (χ4n) is 3.96. The van der Waals surface area contributed by atoms with Crippen molar-refractivity contribution in [1.29, 1.82) is 0 Å². The highest BCUT2D eigenvalue weighted by atomic mass is 32.2. The summed E-state index contributed by atoms with van der Waals surface area (Å²) in [6, 6.07) is 0. The van der Waals surface area contributed by atoms with Gasteiger partial charge < -0.3 is 5.32 Å². The van der Waals surface area contributed by atoms with E-state index < -0.39 is 10.0 Å². The van der Waals surface area contributed by atoms with Crippen LogP contribution in [0.2, 0.25) is 0 Å². The van der Waals surface area contributed by atoms with Crippen molar-refractivity contribution >= 4 is 15.9 Å². The number of sulfonamides is 1. The molecule has 0 radical (unpaired) electrons. The molecule has 1 amide bonds. The van der Waals surface area contributed by atoms with Crippen molar-refractivity contribution in [2.45, 2.75) is 96.8 Å². The minimum Gasteiger partial charge on any atom is -0.356 e. The van der Waals surface area contributed by atoms with E-state index in [4.69, 9.17) is 0 Å². The fourth-order valence-corrected chi connectivity index (χ4v) is 5.61. The van der Waals surface area contributed by atoms with E-state index in [0.29, 0.717) is 44.8 Å². The second-order valence-electron chi connectivity index (χ2n) is 8.83. The molecule has 2 unspecified atom stereocenters. The van der Waals surface area contributed by atoms with Gasteiger partial charge in [0.05, 0.1) is 17.1 Å². The van der Waals surface area contributed by atoms with Crippen molar-refractivity contribution in [2.75, 3.05) is 19.6 Å². The van der Waals surface area contributed by atoms with Crippen molar-refractivity contribution in [2.24, 2.45) is 5.92 Å². The molecule has 0 aromatic carbocycles. The molecule has 31 heavy (non-hydrogen) atoms. The Morgan fingerprint density at radius 2 is 1.84 bits per heavy atom. The van der Waals surface area contributed by atoms with Gasteiger partial charge in [-0.25, -0.2) is 17.4 Å². The molecular formula is C22H43N5O3S. The third-order valence-electron chi connectivity index (χ3n) is 6.63. The Hall–Kier alpha value is -1.48. The number of nitrogens with zero attached hydrogens (tertiary/aromatic N) is 4. The molecule has 0 aliphatic carbocycles. The average molecular weight is 458 g/mol. The molecule has 1 saturated heterocycles. The molecule has 1 aliphatic rings. The minimum atomic E-state index is -3.23. The number of amides is 1. The lowest BCUT2D eigenvalue weighted by Gasteiger charge is -2.32. The number of carbonyl (C=O) groups excluding carboxylic acids is 1. The number of aromatic nitrogens is 3. The van der Waals surface area contributed by atoms with Crippen LogP contribution in [0, 0.1) is 5.92 Å². The Balaban J connectivity index is 0.00000512. The summed E-state index contributed by atoms with van der Waals surface area (Å²) in [6.45, 7) is 10.5. The summed E-state index contributed by atoms with van der Waals surface area (Å²) in [7, 11) is -3.23. The summed E-state index contributed by atoms with van der Waals surface area (Å²) in [4.78, 5) is 12.4. The maximum atomic E-state index is 12.4. The minimum absolute atomic E-state index is 0. The Labute approximate surface area is 189 Å². The molecule has 180 valence electrons. The van der Waals surface area contributed by atoms with E-state index in [-0.39, 0.29) is 18.5 Å². The number of aryl methyl sites for hydroxylation is 1. The first-order chi connectivity index (χ1) is 14.8. The van der Waals surface area contributed by atoms with Gasteiger partial charge in [0.15, 0.2) is 0 Å². The number of nitrogens with one attached hydrogen (secondary N) is 1. The third-order valence-corrected chi connectivity index (χ3v) is 9.06. The van der Waals surface area contributed by atoms with Crippen molar-refractivity contribution in [3.63, 3.8) is 0 Å². The topological polar surface area (TPSA) is 97.2 Å². The first-order valence-corrected chi connectivity index (χ1v) is 13.5. The summed E-state index contributed by atoms with van der Waals surface area (Å²) in [6.07, 6.45) is 8.97. The zero-order chi connectivity index (χ0) is 22.9. The predicted molar refractivity (Wildman–Crippen MR) is 125 cm³/mol. The summed E-state index contributed by atoms with van der Waals surface area (Å²) < 4.78 is 28.5.